The number of piperidine rings is 1. The fourth-order valence-corrected chi connectivity index (χ4v) is 5.38. The molecule has 0 amide bonds. The lowest BCUT2D eigenvalue weighted by atomic mass is 9.75. The summed E-state index contributed by atoms with van der Waals surface area (Å²) in [6.07, 6.45) is 3.90. The van der Waals surface area contributed by atoms with Gasteiger partial charge >= 0.3 is 0 Å². The van der Waals surface area contributed by atoms with Crippen molar-refractivity contribution in [3.05, 3.63) is 59.7 Å². The van der Waals surface area contributed by atoms with Gasteiger partial charge in [-0.2, -0.15) is 0 Å². The van der Waals surface area contributed by atoms with Crippen molar-refractivity contribution < 1.29 is 14.6 Å². The number of hydrogen-bond acceptors (Lipinski definition) is 4. The first-order valence-electron chi connectivity index (χ1n) is 10.3. The summed E-state index contributed by atoms with van der Waals surface area (Å²) >= 11 is 0. The molecule has 0 radical (unpaired) electrons. The smallest absolute Gasteiger partial charge is 0.118 e. The average molecular weight is 382 g/mol. The van der Waals surface area contributed by atoms with Gasteiger partial charge in [0.2, 0.25) is 0 Å². The summed E-state index contributed by atoms with van der Waals surface area (Å²) in [7, 11) is 5.63. The molecule has 0 spiro atoms. The monoisotopic (exact) mass is 381 g/mol. The van der Waals surface area contributed by atoms with Crippen molar-refractivity contribution in [3.63, 3.8) is 0 Å². The number of ether oxygens (including phenoxy) is 2. The summed E-state index contributed by atoms with van der Waals surface area (Å²) in [4.78, 5) is 2.54. The van der Waals surface area contributed by atoms with E-state index in [0.29, 0.717) is 12.1 Å². The van der Waals surface area contributed by atoms with Gasteiger partial charge in [-0.3, -0.25) is 4.90 Å². The highest BCUT2D eigenvalue weighted by atomic mass is 16.5. The Morgan fingerprint density at radius 3 is 1.54 bits per heavy atom. The lowest BCUT2D eigenvalue weighted by Crippen LogP contribution is -2.56. The van der Waals surface area contributed by atoms with Crippen LogP contribution in [0.15, 0.2) is 48.5 Å². The summed E-state index contributed by atoms with van der Waals surface area (Å²) in [5.41, 5.74) is 2.54. The van der Waals surface area contributed by atoms with Crippen LogP contribution in [0.3, 0.4) is 0 Å². The van der Waals surface area contributed by atoms with Crippen LogP contribution in [0.1, 0.15) is 24.0 Å². The van der Waals surface area contributed by atoms with Crippen LogP contribution in [-0.2, 0) is 12.8 Å². The lowest BCUT2D eigenvalue weighted by molar-refractivity contribution is -0.0549. The molecule has 0 aliphatic carbocycles. The van der Waals surface area contributed by atoms with E-state index < -0.39 is 0 Å². The Hall–Kier alpha value is -2.04. The number of aliphatic hydroxyl groups is 1. The van der Waals surface area contributed by atoms with Crippen LogP contribution in [0, 0.1) is 11.8 Å². The second kappa shape index (κ2) is 8.14. The van der Waals surface area contributed by atoms with Crippen molar-refractivity contribution in [3.8, 4) is 11.5 Å². The van der Waals surface area contributed by atoms with Crippen LogP contribution in [0.2, 0.25) is 0 Å². The normalized spacial score (nSPS) is 29.6. The van der Waals surface area contributed by atoms with Gasteiger partial charge in [-0.15, -0.1) is 0 Å². The Kier molecular flexibility index (Phi) is 5.61. The van der Waals surface area contributed by atoms with Gasteiger partial charge in [-0.25, -0.2) is 0 Å². The predicted molar refractivity (Wildman–Crippen MR) is 111 cm³/mol. The van der Waals surface area contributed by atoms with Crippen LogP contribution in [0.4, 0.5) is 0 Å². The Labute approximate surface area is 168 Å². The van der Waals surface area contributed by atoms with E-state index in [1.54, 1.807) is 14.2 Å². The van der Waals surface area contributed by atoms with Gasteiger partial charge in [0.1, 0.15) is 11.5 Å². The molecule has 2 bridgehead atoms. The van der Waals surface area contributed by atoms with E-state index >= 15 is 0 Å². The zero-order valence-electron chi connectivity index (χ0n) is 17.0. The third-order valence-electron chi connectivity index (χ3n) is 6.93. The first kappa shape index (κ1) is 19.3. The van der Waals surface area contributed by atoms with E-state index in [1.165, 1.54) is 24.0 Å². The summed E-state index contributed by atoms with van der Waals surface area (Å²) < 4.78 is 10.6. The number of aliphatic hydroxyl groups excluding tert-OH is 1. The molecule has 2 fully saturated rings. The summed E-state index contributed by atoms with van der Waals surface area (Å²) in [6.45, 7) is 0. The fourth-order valence-electron chi connectivity index (χ4n) is 5.38. The van der Waals surface area contributed by atoms with Crippen LogP contribution >= 0.6 is 0 Å². The highest BCUT2D eigenvalue weighted by Gasteiger charge is 2.50. The van der Waals surface area contributed by atoms with Gasteiger partial charge < -0.3 is 14.6 Å². The molecule has 4 unspecified atom stereocenters. The van der Waals surface area contributed by atoms with Crippen LogP contribution < -0.4 is 9.47 Å². The maximum absolute atomic E-state index is 11.4. The zero-order chi connectivity index (χ0) is 19.7. The molecule has 4 heteroatoms. The summed E-state index contributed by atoms with van der Waals surface area (Å²) in [6, 6.07) is 17.5. The van der Waals surface area contributed by atoms with Gasteiger partial charge in [0.05, 0.1) is 20.3 Å². The molecule has 28 heavy (non-hydrogen) atoms. The molecule has 1 N–H and O–H groups in total. The Morgan fingerprint density at radius 2 is 1.18 bits per heavy atom. The van der Waals surface area contributed by atoms with Crippen molar-refractivity contribution in [1.82, 2.24) is 4.90 Å². The minimum absolute atomic E-state index is 0.264. The first-order valence-corrected chi connectivity index (χ1v) is 10.3. The van der Waals surface area contributed by atoms with Gasteiger partial charge in [0, 0.05) is 23.9 Å². The van der Waals surface area contributed by atoms with Crippen molar-refractivity contribution in [2.75, 3.05) is 21.3 Å². The van der Waals surface area contributed by atoms with Crippen molar-refractivity contribution >= 4 is 0 Å². The van der Waals surface area contributed by atoms with Crippen molar-refractivity contribution in [2.45, 2.75) is 43.9 Å². The van der Waals surface area contributed by atoms with Gasteiger partial charge in [0.15, 0.2) is 0 Å². The summed E-state index contributed by atoms with van der Waals surface area (Å²) in [5, 5.41) is 11.4. The topological polar surface area (TPSA) is 41.9 Å². The largest absolute Gasteiger partial charge is 0.497 e. The quantitative estimate of drug-likeness (QED) is 0.831. The molecule has 4 rings (SSSR count). The Bertz CT molecular complexity index is 708. The number of methoxy groups -OCH3 is 2. The van der Waals surface area contributed by atoms with E-state index in [9.17, 15) is 5.11 Å². The Morgan fingerprint density at radius 1 is 0.786 bits per heavy atom. The molecule has 4 atom stereocenters. The highest BCUT2D eigenvalue weighted by Crippen LogP contribution is 2.44. The Balaban J connectivity index is 1.53. The van der Waals surface area contributed by atoms with Crippen LogP contribution in [0.5, 0.6) is 11.5 Å². The van der Waals surface area contributed by atoms with Crippen molar-refractivity contribution in [2.24, 2.45) is 11.8 Å². The second-order valence-electron chi connectivity index (χ2n) is 8.30. The molecule has 150 valence electrons. The van der Waals surface area contributed by atoms with E-state index in [2.05, 4.69) is 36.2 Å². The number of nitrogens with zero attached hydrogens (tertiary/aromatic N) is 1. The minimum atomic E-state index is -0.280. The minimum Gasteiger partial charge on any atom is -0.497 e. The standard InChI is InChI=1S/C24H31NO3/c1-25-22-12-13-23(25)21(15-17-6-10-19(28-3)11-7-17)24(26)20(22)14-16-4-8-18(27-2)9-5-16/h4-11,20-24,26H,12-15H2,1-3H3. The molecule has 0 saturated carbocycles. The number of benzene rings is 2. The van der Waals surface area contributed by atoms with Gasteiger partial charge in [0.25, 0.3) is 0 Å². The molecule has 2 aliphatic rings. The van der Waals surface area contributed by atoms with E-state index in [-0.39, 0.29) is 17.9 Å². The first-order chi connectivity index (χ1) is 13.6. The molecular weight excluding hydrogens is 350 g/mol. The maximum Gasteiger partial charge on any atom is 0.118 e. The van der Waals surface area contributed by atoms with Crippen molar-refractivity contribution in [1.29, 1.82) is 0 Å². The number of rotatable bonds is 6. The van der Waals surface area contributed by atoms with E-state index in [0.717, 1.165) is 24.3 Å². The van der Waals surface area contributed by atoms with E-state index in [1.807, 2.05) is 24.3 Å². The maximum atomic E-state index is 11.4. The highest BCUT2D eigenvalue weighted by molar-refractivity contribution is 5.29. The molecule has 2 saturated heterocycles. The number of hydrogen-bond donors (Lipinski definition) is 1. The van der Waals surface area contributed by atoms with Gasteiger partial charge in [-0.05, 0) is 68.1 Å². The predicted octanol–water partition coefficient (Wildman–Crippen LogP) is 3.56. The molecule has 2 aromatic carbocycles. The lowest BCUT2D eigenvalue weighted by Gasteiger charge is -2.46. The molecule has 2 aliphatic heterocycles. The average Bonchev–Trinajstić information content (AvgIpc) is 3.04. The molecule has 4 nitrogen and oxygen atoms in total. The van der Waals surface area contributed by atoms with E-state index in [4.69, 9.17) is 9.47 Å². The fraction of sp³-hybridized carbons (Fsp3) is 0.500. The second-order valence-corrected chi connectivity index (χ2v) is 8.30. The van der Waals surface area contributed by atoms with Gasteiger partial charge in [-0.1, -0.05) is 24.3 Å². The third-order valence-corrected chi connectivity index (χ3v) is 6.93. The molecule has 2 heterocycles. The number of fused-ring (bicyclic) bond motifs is 2. The zero-order valence-corrected chi connectivity index (χ0v) is 17.0. The SMILES string of the molecule is COc1ccc(CC2C(O)C(Cc3ccc(OC)cc3)C3CCC2N3C)cc1. The molecule has 0 aromatic heterocycles. The van der Waals surface area contributed by atoms with Crippen LogP contribution in [-0.4, -0.2) is 49.5 Å². The summed E-state index contributed by atoms with van der Waals surface area (Å²) in [5.74, 6) is 2.28. The third kappa shape index (κ3) is 3.63. The molecular formula is C24H31NO3. The molecule has 2 aromatic rings. The van der Waals surface area contributed by atoms with Crippen LogP contribution in [0.25, 0.3) is 0 Å².